The molecule has 0 spiro atoms. The molecule has 4 heteroatoms. The van der Waals surface area contributed by atoms with E-state index < -0.39 is 0 Å². The molecule has 0 saturated carbocycles. The Labute approximate surface area is 107 Å². The summed E-state index contributed by atoms with van der Waals surface area (Å²) in [5.41, 5.74) is 1.22. The summed E-state index contributed by atoms with van der Waals surface area (Å²) in [6.45, 7) is 9.04. The molecule has 0 aromatic carbocycles. The molecule has 0 aromatic heterocycles. The molecule has 2 heterocycles. The van der Waals surface area contributed by atoms with E-state index in [0.29, 0.717) is 29.8 Å². The summed E-state index contributed by atoms with van der Waals surface area (Å²) in [4.78, 5) is 7.20. The summed E-state index contributed by atoms with van der Waals surface area (Å²) in [5, 5.41) is 3.28. The summed E-state index contributed by atoms with van der Waals surface area (Å²) in [6, 6.07) is 0.893. The Kier molecular flexibility index (Phi) is 3.55. The van der Waals surface area contributed by atoms with Crippen LogP contribution in [0.2, 0.25) is 0 Å². The molecular weight excluding hydrogens is 240 g/mol. The van der Waals surface area contributed by atoms with Crippen LogP contribution >= 0.6 is 23.4 Å². The van der Waals surface area contributed by atoms with Crippen molar-refractivity contribution in [3.63, 3.8) is 0 Å². The van der Waals surface area contributed by atoms with Gasteiger partial charge in [-0.15, -0.1) is 11.6 Å². The van der Waals surface area contributed by atoms with Crippen molar-refractivity contribution in [2.45, 2.75) is 39.8 Å². The minimum Gasteiger partial charge on any atom is -0.317 e. The van der Waals surface area contributed by atoms with Gasteiger partial charge in [-0.25, -0.2) is 0 Å². The fraction of sp³-hybridized carbons (Fsp3) is 0.750. The van der Waals surface area contributed by atoms with Gasteiger partial charge in [-0.3, -0.25) is 4.99 Å². The molecule has 0 aliphatic carbocycles. The van der Waals surface area contributed by atoms with Crippen LogP contribution in [0.25, 0.3) is 0 Å². The van der Waals surface area contributed by atoms with Crippen molar-refractivity contribution in [3.05, 3.63) is 11.1 Å². The van der Waals surface area contributed by atoms with E-state index >= 15 is 0 Å². The highest BCUT2D eigenvalue weighted by molar-refractivity contribution is 8.16. The molecule has 0 fully saturated rings. The molecule has 0 saturated heterocycles. The predicted molar refractivity (Wildman–Crippen MR) is 72.9 cm³/mol. The maximum Gasteiger partial charge on any atom is 0.168 e. The van der Waals surface area contributed by atoms with Crippen molar-refractivity contribution in [3.8, 4) is 0 Å². The lowest BCUT2D eigenvalue weighted by Crippen LogP contribution is -2.42. The van der Waals surface area contributed by atoms with Gasteiger partial charge in [-0.1, -0.05) is 39.5 Å². The summed E-state index contributed by atoms with van der Waals surface area (Å²) in [5.74, 6) is 1.77. The van der Waals surface area contributed by atoms with Gasteiger partial charge in [0.25, 0.3) is 0 Å². The molecule has 2 aliphatic heterocycles. The third kappa shape index (κ3) is 1.88. The van der Waals surface area contributed by atoms with Gasteiger partial charge < -0.3 is 4.90 Å². The molecule has 1 unspecified atom stereocenters. The molecule has 2 rings (SSSR count). The second-order valence-electron chi connectivity index (χ2n) is 5.11. The molecule has 0 radical (unpaired) electrons. The summed E-state index contributed by atoms with van der Waals surface area (Å²) in [7, 11) is 0. The van der Waals surface area contributed by atoms with Crippen LogP contribution in [0.4, 0.5) is 0 Å². The fourth-order valence-corrected chi connectivity index (χ4v) is 3.73. The van der Waals surface area contributed by atoms with E-state index in [2.05, 4.69) is 38.0 Å². The Balaban J connectivity index is 2.28. The lowest BCUT2D eigenvalue weighted by atomic mass is 9.89. The second-order valence-corrected chi connectivity index (χ2v) is 6.22. The molecule has 2 aliphatic rings. The van der Waals surface area contributed by atoms with Gasteiger partial charge in [-0.05, 0) is 17.2 Å². The van der Waals surface area contributed by atoms with Crippen molar-refractivity contribution in [1.29, 1.82) is 0 Å². The highest BCUT2D eigenvalue weighted by Crippen LogP contribution is 2.40. The van der Waals surface area contributed by atoms with Crippen LogP contribution < -0.4 is 0 Å². The normalized spacial score (nSPS) is 28.8. The number of halogens is 1. The minimum atomic E-state index is 0.411. The smallest absolute Gasteiger partial charge is 0.168 e. The zero-order valence-electron chi connectivity index (χ0n) is 10.3. The van der Waals surface area contributed by atoms with E-state index in [1.165, 1.54) is 5.70 Å². The molecule has 2 nitrogen and oxygen atoms in total. The monoisotopic (exact) mass is 258 g/mol. The number of aliphatic imine (C=N–C) groups is 1. The molecular formula is C12H19ClN2S. The number of nitrogens with zero attached hydrogens (tertiary/aromatic N) is 2. The van der Waals surface area contributed by atoms with E-state index in [-0.39, 0.29) is 0 Å². The van der Waals surface area contributed by atoms with Gasteiger partial charge >= 0.3 is 0 Å². The maximum absolute atomic E-state index is 5.99. The number of thioether (sulfide) groups is 1. The predicted octanol–water partition coefficient (Wildman–Crippen LogP) is 3.53. The third-order valence-electron chi connectivity index (χ3n) is 3.23. The molecule has 0 N–H and O–H groups in total. The van der Waals surface area contributed by atoms with E-state index in [0.717, 1.165) is 5.17 Å². The van der Waals surface area contributed by atoms with E-state index in [4.69, 9.17) is 16.6 Å². The van der Waals surface area contributed by atoms with Crippen molar-refractivity contribution in [2.24, 2.45) is 16.8 Å². The van der Waals surface area contributed by atoms with Gasteiger partial charge in [0.05, 0.1) is 18.0 Å². The summed E-state index contributed by atoms with van der Waals surface area (Å²) >= 11 is 7.71. The zero-order valence-corrected chi connectivity index (χ0v) is 11.8. The van der Waals surface area contributed by atoms with Crippen molar-refractivity contribution in [2.75, 3.05) is 5.88 Å². The van der Waals surface area contributed by atoms with E-state index in [1.54, 1.807) is 11.8 Å². The Morgan fingerprint density at radius 1 is 1.38 bits per heavy atom. The average molecular weight is 259 g/mol. The number of hydrogen-bond acceptors (Lipinski definition) is 3. The Morgan fingerprint density at radius 3 is 2.56 bits per heavy atom. The molecule has 0 aromatic rings. The first-order chi connectivity index (χ1) is 7.56. The van der Waals surface area contributed by atoms with Crippen LogP contribution in [-0.4, -0.2) is 28.0 Å². The number of hydrogen-bond donors (Lipinski definition) is 0. The van der Waals surface area contributed by atoms with Crippen LogP contribution in [-0.2, 0) is 0 Å². The molecule has 2 atom stereocenters. The summed E-state index contributed by atoms with van der Waals surface area (Å²) < 4.78 is 0. The Hall–Kier alpha value is -0.150. The topological polar surface area (TPSA) is 15.6 Å². The minimum absolute atomic E-state index is 0.411. The van der Waals surface area contributed by atoms with Crippen LogP contribution in [0.1, 0.15) is 27.7 Å². The third-order valence-corrected chi connectivity index (χ3v) is 4.40. The largest absolute Gasteiger partial charge is 0.317 e. The van der Waals surface area contributed by atoms with Crippen molar-refractivity contribution >= 4 is 28.5 Å². The van der Waals surface area contributed by atoms with Gasteiger partial charge in [0, 0.05) is 5.70 Å². The van der Waals surface area contributed by atoms with Crippen molar-refractivity contribution in [1.82, 2.24) is 4.90 Å². The maximum atomic E-state index is 5.99. The molecule has 0 amide bonds. The lowest BCUT2D eigenvalue weighted by molar-refractivity contribution is 0.251. The van der Waals surface area contributed by atoms with Gasteiger partial charge in [-0.2, -0.15) is 0 Å². The lowest BCUT2D eigenvalue weighted by Gasteiger charge is -2.32. The first kappa shape index (κ1) is 12.3. The van der Waals surface area contributed by atoms with Crippen LogP contribution in [0, 0.1) is 11.8 Å². The number of allylic oxidation sites excluding steroid dienone is 1. The summed E-state index contributed by atoms with van der Waals surface area (Å²) in [6.07, 6.45) is 0. The number of amidine groups is 1. The average Bonchev–Trinajstić information content (AvgIpc) is 2.73. The molecule has 0 bridgehead atoms. The van der Waals surface area contributed by atoms with Gasteiger partial charge in [0.15, 0.2) is 5.17 Å². The van der Waals surface area contributed by atoms with Crippen LogP contribution in [0.15, 0.2) is 16.1 Å². The number of alkyl halides is 1. The van der Waals surface area contributed by atoms with Gasteiger partial charge in [0.2, 0.25) is 0 Å². The highest BCUT2D eigenvalue weighted by Gasteiger charge is 2.43. The SMILES string of the molecule is CC(C)C1[C@H](C(C)C)N=C2SC=C(CCl)N21. The van der Waals surface area contributed by atoms with Crippen LogP contribution in [0.3, 0.4) is 0 Å². The molecule has 16 heavy (non-hydrogen) atoms. The standard InChI is InChI=1S/C12H19ClN2S/c1-7(2)10-11(8(3)4)15-9(5-13)6-16-12(15)14-10/h6-8,10-11H,5H2,1-4H3/t10-,11?/m0/s1. The highest BCUT2D eigenvalue weighted by atomic mass is 35.5. The Morgan fingerprint density at radius 2 is 2.06 bits per heavy atom. The number of fused-ring (bicyclic) bond motifs is 1. The van der Waals surface area contributed by atoms with Crippen LogP contribution in [0.5, 0.6) is 0 Å². The zero-order chi connectivity index (χ0) is 11.9. The molecule has 90 valence electrons. The Bertz CT molecular complexity index is 336. The second kappa shape index (κ2) is 4.61. The fourth-order valence-electron chi connectivity index (χ4n) is 2.46. The quantitative estimate of drug-likeness (QED) is 0.720. The number of rotatable bonds is 3. The van der Waals surface area contributed by atoms with E-state index in [9.17, 15) is 0 Å². The van der Waals surface area contributed by atoms with Crippen molar-refractivity contribution < 1.29 is 0 Å². The van der Waals surface area contributed by atoms with Gasteiger partial charge in [0.1, 0.15) is 0 Å². The van der Waals surface area contributed by atoms with E-state index in [1.807, 2.05) is 0 Å². The first-order valence-electron chi connectivity index (χ1n) is 5.85. The first-order valence-corrected chi connectivity index (χ1v) is 7.26.